The first kappa shape index (κ1) is 30.1. The number of fused-ring (bicyclic) bond motifs is 1. The Kier molecular flexibility index (Phi) is 7.87. The van der Waals surface area contributed by atoms with E-state index < -0.39 is 48.3 Å². The van der Waals surface area contributed by atoms with Crippen molar-refractivity contribution in [2.75, 3.05) is 6.61 Å². The summed E-state index contributed by atoms with van der Waals surface area (Å²) in [5.41, 5.74) is -0.230. The molecule has 0 bridgehead atoms. The van der Waals surface area contributed by atoms with Crippen molar-refractivity contribution < 1.29 is 31.2 Å². The monoisotopic (exact) mass is 596 g/mol. The van der Waals surface area contributed by atoms with Crippen LogP contribution in [-0.4, -0.2) is 53.2 Å². The fourth-order valence-corrected chi connectivity index (χ4v) is 11.8. The van der Waals surface area contributed by atoms with Crippen molar-refractivity contribution in [3.05, 3.63) is 90.5 Å². The lowest BCUT2D eigenvalue weighted by Gasteiger charge is -2.43. The van der Waals surface area contributed by atoms with Gasteiger partial charge in [0.1, 0.15) is 17.8 Å². The molecular weight excluding hydrogens is 556 g/mol. The van der Waals surface area contributed by atoms with Crippen molar-refractivity contribution in [3.8, 4) is 0 Å². The molecule has 7 nitrogen and oxygen atoms in total. The fraction of sp³-hybridized carbons (Fsp3) is 0.438. The molecule has 3 aromatic rings. The van der Waals surface area contributed by atoms with Crippen LogP contribution < -0.4 is 10.4 Å². The molecular formula is C32H40O7SSi. The first-order valence-electron chi connectivity index (χ1n) is 14.0. The lowest BCUT2D eigenvalue weighted by molar-refractivity contribution is -0.219. The number of ether oxygens (including phenoxy) is 3. The second-order valence-electron chi connectivity index (χ2n) is 12.6. The second-order valence-corrected chi connectivity index (χ2v) is 18.4. The molecule has 0 radical (unpaired) electrons. The Morgan fingerprint density at radius 1 is 0.854 bits per heavy atom. The maximum absolute atomic E-state index is 13.5. The zero-order valence-electron chi connectivity index (χ0n) is 24.8. The van der Waals surface area contributed by atoms with Gasteiger partial charge in [0.05, 0.1) is 11.5 Å². The molecule has 220 valence electrons. The van der Waals surface area contributed by atoms with Crippen LogP contribution in [-0.2, 0) is 32.9 Å². The third kappa shape index (κ3) is 5.57. The molecule has 0 N–H and O–H groups in total. The van der Waals surface area contributed by atoms with Crippen LogP contribution in [0.3, 0.4) is 0 Å². The molecule has 2 heterocycles. The summed E-state index contributed by atoms with van der Waals surface area (Å²) in [5, 5.41) is 1.95. The van der Waals surface area contributed by atoms with Gasteiger partial charge in [0.25, 0.3) is 18.4 Å². The second kappa shape index (κ2) is 10.7. The van der Waals surface area contributed by atoms with E-state index in [1.54, 1.807) is 45.0 Å². The first-order chi connectivity index (χ1) is 19.2. The Hall–Kier alpha value is -2.37. The summed E-state index contributed by atoms with van der Waals surface area (Å²) in [5.74, 6) is -0.974. The van der Waals surface area contributed by atoms with Crippen LogP contribution in [0.25, 0.3) is 0 Å². The van der Waals surface area contributed by atoms with Crippen molar-refractivity contribution in [1.29, 1.82) is 0 Å². The molecule has 0 amide bonds. The van der Waals surface area contributed by atoms with Crippen molar-refractivity contribution >= 4 is 28.8 Å². The summed E-state index contributed by atoms with van der Waals surface area (Å²) in [6.07, 6.45) is -2.62. The van der Waals surface area contributed by atoms with Crippen molar-refractivity contribution in [2.24, 2.45) is 0 Å². The Balaban J connectivity index is 1.53. The third-order valence-electron chi connectivity index (χ3n) is 7.95. The van der Waals surface area contributed by atoms with E-state index in [1.807, 2.05) is 43.3 Å². The lowest BCUT2D eigenvalue weighted by atomic mass is 9.98. The molecule has 2 aliphatic heterocycles. The van der Waals surface area contributed by atoms with E-state index in [2.05, 4.69) is 45.0 Å². The van der Waals surface area contributed by atoms with Crippen LogP contribution in [0.1, 0.15) is 47.1 Å². The van der Waals surface area contributed by atoms with E-state index in [4.69, 9.17) is 22.8 Å². The van der Waals surface area contributed by atoms with Gasteiger partial charge in [-0.1, -0.05) is 99.1 Å². The number of hydrogen-bond acceptors (Lipinski definition) is 7. The summed E-state index contributed by atoms with van der Waals surface area (Å²) in [7, 11) is -7.08. The summed E-state index contributed by atoms with van der Waals surface area (Å²) in [4.78, 5) is 0.0694. The fourth-order valence-electron chi connectivity index (χ4n) is 6.08. The zero-order valence-corrected chi connectivity index (χ0v) is 26.6. The van der Waals surface area contributed by atoms with Gasteiger partial charge in [-0.05, 0) is 55.2 Å². The first-order valence-corrected chi connectivity index (χ1v) is 17.3. The highest BCUT2D eigenvalue weighted by Gasteiger charge is 2.65. The van der Waals surface area contributed by atoms with Gasteiger partial charge in [-0.2, -0.15) is 8.42 Å². The molecule has 0 spiro atoms. The molecule has 2 fully saturated rings. The lowest BCUT2D eigenvalue weighted by Crippen LogP contribution is -2.67. The maximum atomic E-state index is 13.5. The molecule has 0 saturated carbocycles. The van der Waals surface area contributed by atoms with Gasteiger partial charge in [0.2, 0.25) is 0 Å². The Morgan fingerprint density at radius 2 is 1.39 bits per heavy atom. The molecule has 41 heavy (non-hydrogen) atoms. The smallest absolute Gasteiger partial charge is 0.297 e. The predicted octanol–water partition coefficient (Wildman–Crippen LogP) is 4.91. The highest BCUT2D eigenvalue weighted by molar-refractivity contribution is 7.86. The average Bonchev–Trinajstić information content (AvgIpc) is 3.28. The van der Waals surface area contributed by atoms with Gasteiger partial charge in [0, 0.05) is 0 Å². The summed E-state index contributed by atoms with van der Waals surface area (Å²) in [6, 6.07) is 27.1. The van der Waals surface area contributed by atoms with Crippen LogP contribution in [0, 0.1) is 6.92 Å². The maximum Gasteiger partial charge on any atom is 0.297 e. The standard InChI is InChI=1S/C32H40O7SSi/c1-23-18-20-24(21-19-23)40(33,34)38-28-27(36-29-32(28,7)39-31(5,6)37-29)22-35-41(30(2,3)4,25-14-10-8-11-15-25)26-16-12-9-13-17-26/h8-21,27-29H,22H2,1-7H3/t27-,28-,29?,32-/m1/s1. The van der Waals surface area contributed by atoms with Gasteiger partial charge < -0.3 is 18.6 Å². The molecule has 9 heteroatoms. The summed E-state index contributed by atoms with van der Waals surface area (Å²) < 4.78 is 58.9. The minimum Gasteiger partial charge on any atom is -0.405 e. The van der Waals surface area contributed by atoms with Crippen LogP contribution >= 0.6 is 0 Å². The van der Waals surface area contributed by atoms with Crippen LogP contribution in [0.15, 0.2) is 89.8 Å². The molecule has 2 aliphatic rings. The van der Waals surface area contributed by atoms with E-state index in [0.29, 0.717) is 0 Å². The number of aryl methyl sites for hydroxylation is 1. The van der Waals surface area contributed by atoms with E-state index in [9.17, 15) is 8.42 Å². The Labute approximate surface area is 245 Å². The average molecular weight is 597 g/mol. The van der Waals surface area contributed by atoms with Crippen LogP contribution in [0.4, 0.5) is 0 Å². The third-order valence-corrected chi connectivity index (χ3v) is 14.3. The predicted molar refractivity (Wildman–Crippen MR) is 160 cm³/mol. The van der Waals surface area contributed by atoms with Gasteiger partial charge in [-0.15, -0.1) is 0 Å². The zero-order chi connectivity index (χ0) is 29.7. The molecule has 0 aromatic heterocycles. The van der Waals surface area contributed by atoms with Gasteiger partial charge in [0.15, 0.2) is 12.1 Å². The quantitative estimate of drug-likeness (QED) is 0.270. The Morgan fingerprint density at radius 3 is 1.90 bits per heavy atom. The molecule has 5 rings (SSSR count). The minimum atomic E-state index is -4.15. The minimum absolute atomic E-state index is 0.0694. The van der Waals surface area contributed by atoms with Gasteiger partial charge >= 0.3 is 0 Å². The van der Waals surface area contributed by atoms with E-state index in [0.717, 1.165) is 15.9 Å². The van der Waals surface area contributed by atoms with E-state index in [1.165, 1.54) is 0 Å². The van der Waals surface area contributed by atoms with Gasteiger partial charge in [-0.3, -0.25) is 4.18 Å². The van der Waals surface area contributed by atoms with Crippen LogP contribution in [0.5, 0.6) is 0 Å². The molecule has 1 unspecified atom stereocenters. The van der Waals surface area contributed by atoms with E-state index in [-0.39, 0.29) is 16.5 Å². The summed E-state index contributed by atoms with van der Waals surface area (Å²) >= 11 is 0. The topological polar surface area (TPSA) is 80.3 Å². The molecule has 3 aromatic carbocycles. The normalized spacial score (nSPS) is 26.2. The van der Waals surface area contributed by atoms with E-state index >= 15 is 0 Å². The SMILES string of the molecule is Cc1ccc(S(=O)(=O)O[C@@H]2[C@@H](CO[Si](c3ccccc3)(c3ccccc3)C(C)(C)C)OC3OC(C)(C)O[C@@]32C)cc1. The largest absolute Gasteiger partial charge is 0.405 e. The highest BCUT2D eigenvalue weighted by atomic mass is 32.2. The highest BCUT2D eigenvalue weighted by Crippen LogP contribution is 2.48. The molecule has 4 atom stereocenters. The van der Waals surface area contributed by atoms with Crippen molar-refractivity contribution in [3.63, 3.8) is 0 Å². The number of hydrogen-bond donors (Lipinski definition) is 0. The van der Waals surface area contributed by atoms with Crippen molar-refractivity contribution in [1.82, 2.24) is 0 Å². The number of benzene rings is 3. The molecule has 2 saturated heterocycles. The van der Waals surface area contributed by atoms with Gasteiger partial charge in [-0.25, -0.2) is 0 Å². The molecule has 0 aliphatic carbocycles. The Bertz CT molecular complexity index is 1410. The summed E-state index contributed by atoms with van der Waals surface area (Å²) in [6.45, 7) is 13.9. The number of rotatable bonds is 8. The van der Waals surface area contributed by atoms with Crippen LogP contribution in [0.2, 0.25) is 5.04 Å². The van der Waals surface area contributed by atoms with Crippen molar-refractivity contribution in [2.45, 2.75) is 88.3 Å².